The van der Waals surface area contributed by atoms with Gasteiger partial charge in [-0.2, -0.15) is 0 Å². The van der Waals surface area contributed by atoms with Crippen molar-refractivity contribution in [3.05, 3.63) is 117 Å². The first kappa shape index (κ1) is 37.1. The smallest absolute Gasteiger partial charge is 0.255 e. The summed E-state index contributed by atoms with van der Waals surface area (Å²) in [5.41, 5.74) is 13.2. The van der Waals surface area contributed by atoms with Crippen molar-refractivity contribution in [1.82, 2.24) is 19.3 Å². The molecule has 3 aliphatic rings. The van der Waals surface area contributed by atoms with Crippen LogP contribution in [0.15, 0.2) is 66.7 Å². The molecule has 0 N–H and O–H groups in total. The van der Waals surface area contributed by atoms with Gasteiger partial charge < -0.3 is 19.1 Å². The zero-order valence-corrected chi connectivity index (χ0v) is 32.5. The molecule has 0 aliphatic carbocycles. The number of fused-ring (bicyclic) bond motifs is 2. The van der Waals surface area contributed by atoms with Crippen LogP contribution in [0.25, 0.3) is 11.3 Å². The van der Waals surface area contributed by atoms with E-state index in [0.29, 0.717) is 26.1 Å². The highest BCUT2D eigenvalue weighted by molar-refractivity contribution is 6.02. The van der Waals surface area contributed by atoms with Gasteiger partial charge in [-0.25, -0.2) is 0 Å². The van der Waals surface area contributed by atoms with Gasteiger partial charge >= 0.3 is 0 Å². The van der Waals surface area contributed by atoms with Crippen LogP contribution >= 0.6 is 0 Å². The van der Waals surface area contributed by atoms with Gasteiger partial charge in [0.2, 0.25) is 5.91 Å². The molecule has 1 aromatic heterocycles. The Bertz CT molecular complexity index is 1910. The highest BCUT2D eigenvalue weighted by Crippen LogP contribution is 2.39. The molecule has 0 spiro atoms. The minimum absolute atomic E-state index is 0.0538. The molecule has 2 amide bonds. The third kappa shape index (κ3) is 8.02. The number of amides is 2. The van der Waals surface area contributed by atoms with Crippen LogP contribution in [-0.2, 0) is 61.8 Å². The van der Waals surface area contributed by atoms with Gasteiger partial charge in [0.05, 0.1) is 25.3 Å². The van der Waals surface area contributed by atoms with Crippen LogP contribution in [0.3, 0.4) is 0 Å². The van der Waals surface area contributed by atoms with E-state index in [2.05, 4.69) is 78.6 Å². The van der Waals surface area contributed by atoms with Crippen molar-refractivity contribution < 1.29 is 14.3 Å². The van der Waals surface area contributed by atoms with Crippen LogP contribution in [0, 0.1) is 6.92 Å². The van der Waals surface area contributed by atoms with Gasteiger partial charge in [-0.3, -0.25) is 14.5 Å². The zero-order valence-electron chi connectivity index (χ0n) is 32.5. The highest BCUT2D eigenvalue weighted by Gasteiger charge is 2.35. The first-order chi connectivity index (χ1) is 25.9. The van der Waals surface area contributed by atoms with Crippen LogP contribution in [0.2, 0.25) is 0 Å². The van der Waals surface area contributed by atoms with Crippen molar-refractivity contribution >= 4 is 11.8 Å². The molecule has 0 radical (unpaired) electrons. The first-order valence-electron chi connectivity index (χ1n) is 20.2. The molecule has 7 heteroatoms. The number of carbonyl (C=O) groups excluding carboxylic acids is 2. The number of nitrogens with zero attached hydrogens (tertiary/aromatic N) is 4. The fraction of sp³-hybridized carbons (Fsp3) is 0.478. The van der Waals surface area contributed by atoms with Crippen molar-refractivity contribution in [2.24, 2.45) is 7.05 Å². The number of aromatic nitrogens is 1. The molecule has 7 nitrogen and oxygen atoms in total. The van der Waals surface area contributed by atoms with E-state index >= 15 is 4.79 Å². The second kappa shape index (κ2) is 16.9. The summed E-state index contributed by atoms with van der Waals surface area (Å²) in [7, 11) is 2.20. The fourth-order valence-corrected chi connectivity index (χ4v) is 8.89. The highest BCUT2D eigenvalue weighted by atomic mass is 16.5. The Hall–Kier alpha value is -4.20. The lowest BCUT2D eigenvalue weighted by Gasteiger charge is -2.41. The van der Waals surface area contributed by atoms with Crippen molar-refractivity contribution in [3.8, 4) is 11.3 Å². The van der Waals surface area contributed by atoms with E-state index in [1.165, 1.54) is 39.2 Å². The van der Waals surface area contributed by atoms with Crippen molar-refractivity contribution in [3.63, 3.8) is 0 Å². The lowest BCUT2D eigenvalue weighted by Crippen LogP contribution is -2.52. The van der Waals surface area contributed by atoms with Gasteiger partial charge in [0, 0.05) is 69.2 Å². The van der Waals surface area contributed by atoms with Crippen LogP contribution in [0.5, 0.6) is 0 Å². The molecule has 3 aromatic carbocycles. The minimum Gasteiger partial charge on any atom is -0.379 e. The molecule has 1 fully saturated rings. The Kier molecular flexibility index (Phi) is 11.8. The topological polar surface area (TPSA) is 58.0 Å². The normalized spacial score (nSPS) is 17.5. The first-order valence-corrected chi connectivity index (χ1v) is 20.2. The van der Waals surface area contributed by atoms with E-state index in [1.54, 1.807) is 0 Å². The minimum atomic E-state index is 0.0538. The Morgan fingerprint density at radius 2 is 1.49 bits per heavy atom. The molecule has 3 aliphatic heterocycles. The molecule has 53 heavy (non-hydrogen) atoms. The maximum absolute atomic E-state index is 15.5. The molecular weight excluding hydrogens is 657 g/mol. The number of ether oxygens (including phenoxy) is 1. The molecule has 7 rings (SSSR count). The summed E-state index contributed by atoms with van der Waals surface area (Å²) in [6.45, 7) is 12.7. The number of carbonyl (C=O) groups is 2. The fourth-order valence-electron chi connectivity index (χ4n) is 8.89. The average molecular weight is 715 g/mol. The van der Waals surface area contributed by atoms with Crippen molar-refractivity contribution in [1.29, 1.82) is 0 Å². The van der Waals surface area contributed by atoms with E-state index in [1.807, 2.05) is 35.2 Å². The summed E-state index contributed by atoms with van der Waals surface area (Å²) >= 11 is 0. The van der Waals surface area contributed by atoms with E-state index in [0.717, 1.165) is 106 Å². The monoisotopic (exact) mass is 714 g/mol. The van der Waals surface area contributed by atoms with Crippen LogP contribution in [0.1, 0.15) is 94.5 Å². The Labute approximate surface area is 316 Å². The summed E-state index contributed by atoms with van der Waals surface area (Å²) in [5.74, 6) is 0.233. The van der Waals surface area contributed by atoms with E-state index in [9.17, 15) is 4.79 Å². The maximum atomic E-state index is 15.5. The number of morpholine rings is 1. The number of benzene rings is 3. The molecule has 4 heterocycles. The van der Waals surface area contributed by atoms with Gasteiger partial charge in [0.15, 0.2) is 0 Å². The summed E-state index contributed by atoms with van der Waals surface area (Å²) in [6, 6.07) is 23.2. The number of rotatable bonds is 12. The van der Waals surface area contributed by atoms with E-state index < -0.39 is 0 Å². The number of unbranched alkanes of at least 4 members (excludes halogenated alkanes) is 2. The summed E-state index contributed by atoms with van der Waals surface area (Å²) < 4.78 is 8.08. The zero-order chi connectivity index (χ0) is 36.9. The molecule has 1 atom stereocenters. The maximum Gasteiger partial charge on any atom is 0.255 e. The van der Waals surface area contributed by atoms with Gasteiger partial charge in [0.25, 0.3) is 5.91 Å². The van der Waals surface area contributed by atoms with Crippen LogP contribution in [-0.4, -0.2) is 76.5 Å². The second-order valence-electron chi connectivity index (χ2n) is 15.5. The molecule has 1 saturated heterocycles. The van der Waals surface area contributed by atoms with Gasteiger partial charge in [-0.15, -0.1) is 0 Å². The van der Waals surface area contributed by atoms with Gasteiger partial charge in [-0.1, -0.05) is 81.3 Å². The van der Waals surface area contributed by atoms with E-state index in [4.69, 9.17) is 4.74 Å². The van der Waals surface area contributed by atoms with Crippen molar-refractivity contribution in [2.75, 3.05) is 39.4 Å². The average Bonchev–Trinajstić information content (AvgIpc) is 3.42. The van der Waals surface area contributed by atoms with Crippen molar-refractivity contribution in [2.45, 2.75) is 97.7 Å². The Balaban J connectivity index is 1.32. The molecule has 4 aromatic rings. The largest absolute Gasteiger partial charge is 0.379 e. The molecule has 0 unspecified atom stereocenters. The van der Waals surface area contributed by atoms with Gasteiger partial charge in [-0.05, 0) is 96.5 Å². The summed E-state index contributed by atoms with van der Waals surface area (Å²) in [4.78, 5) is 35.8. The van der Waals surface area contributed by atoms with E-state index in [-0.39, 0.29) is 17.9 Å². The quantitative estimate of drug-likeness (QED) is 0.151. The third-order valence-corrected chi connectivity index (χ3v) is 12.1. The molecule has 280 valence electrons. The van der Waals surface area contributed by atoms with Crippen LogP contribution < -0.4 is 0 Å². The lowest BCUT2D eigenvalue weighted by atomic mass is 9.87. The molecule has 0 saturated carbocycles. The number of hydrogen-bond donors (Lipinski definition) is 0. The second-order valence-corrected chi connectivity index (χ2v) is 15.5. The molecular formula is C46H58N4O3. The number of hydrogen-bond acceptors (Lipinski definition) is 4. The van der Waals surface area contributed by atoms with Gasteiger partial charge in [0.1, 0.15) is 0 Å². The SMILES string of the molecule is CCCCc1c(CCCC)c(-c2cc3c(cc2C(=O)N2Cc4ccccc4C[C@H]2CN2CCOCC2)CN(C(=O)Cc2ccccc2)CC3)n(C)c1C. The molecule has 0 bridgehead atoms. The standard InChI is InChI=1S/C46H58N4O3/c1-5-7-18-40-33(3)47(4)45(41(40)19-8-6-2)42-28-36-20-21-49(44(51)26-34-14-10-9-11-15-34)30-38(36)29-43(42)46(52)50-31-37-17-13-12-16-35(37)27-39(50)32-48-22-24-53-25-23-48/h9-17,28-29,39H,5-8,18-27,30-32H2,1-4H3/t39-/m0/s1. The third-order valence-electron chi connectivity index (χ3n) is 12.1. The summed E-state index contributed by atoms with van der Waals surface area (Å²) in [6.07, 6.45) is 8.63. The predicted molar refractivity (Wildman–Crippen MR) is 213 cm³/mol. The van der Waals surface area contributed by atoms with Crippen LogP contribution in [0.4, 0.5) is 0 Å². The Morgan fingerprint density at radius 3 is 2.23 bits per heavy atom. The predicted octanol–water partition coefficient (Wildman–Crippen LogP) is 7.71. The summed E-state index contributed by atoms with van der Waals surface area (Å²) in [5, 5.41) is 0. The lowest BCUT2D eigenvalue weighted by molar-refractivity contribution is -0.131. The Morgan fingerprint density at radius 1 is 0.792 bits per heavy atom.